The van der Waals surface area contributed by atoms with Crippen LogP contribution < -0.4 is 0 Å². The lowest BCUT2D eigenvalue weighted by Crippen LogP contribution is -2.52. The summed E-state index contributed by atoms with van der Waals surface area (Å²) >= 11 is 0. The number of nitrogens with zero attached hydrogens (tertiary/aromatic N) is 2. The van der Waals surface area contributed by atoms with Gasteiger partial charge in [0.2, 0.25) is 0 Å². The molecule has 2 saturated heterocycles. The summed E-state index contributed by atoms with van der Waals surface area (Å²) in [6.07, 6.45) is -4.11. The monoisotopic (exact) mass is 284 g/mol. The maximum absolute atomic E-state index is 12.5. The Morgan fingerprint density at radius 3 is 2.40 bits per heavy atom. The van der Waals surface area contributed by atoms with Crippen LogP contribution in [-0.4, -0.2) is 47.1 Å². The number of carbonyl (C=O) groups is 1. The van der Waals surface area contributed by atoms with Crippen LogP contribution in [0.4, 0.5) is 13.2 Å². The van der Waals surface area contributed by atoms with Crippen molar-refractivity contribution >= 4 is 5.91 Å². The molecular formula is C14H15F3N2O. The SMILES string of the molecule is O=C(N1CC2CC1CN2Cc1ccccc1)C(F)(F)F. The second-order valence-corrected chi connectivity index (χ2v) is 5.41. The first kappa shape index (κ1) is 13.4. The molecular weight excluding hydrogens is 269 g/mol. The highest BCUT2D eigenvalue weighted by atomic mass is 19.4. The molecule has 2 heterocycles. The third-order valence-corrected chi connectivity index (χ3v) is 4.09. The molecule has 1 aromatic carbocycles. The summed E-state index contributed by atoms with van der Waals surface area (Å²) in [7, 11) is 0. The van der Waals surface area contributed by atoms with E-state index in [1.807, 2.05) is 30.3 Å². The average molecular weight is 284 g/mol. The molecule has 2 aliphatic heterocycles. The number of carbonyl (C=O) groups excluding carboxylic acids is 1. The Hall–Kier alpha value is -1.56. The minimum absolute atomic E-state index is 0.0477. The molecule has 0 spiro atoms. The van der Waals surface area contributed by atoms with E-state index in [1.54, 1.807) is 0 Å². The van der Waals surface area contributed by atoms with E-state index in [2.05, 4.69) is 4.90 Å². The summed E-state index contributed by atoms with van der Waals surface area (Å²) in [4.78, 5) is 14.5. The lowest BCUT2D eigenvalue weighted by atomic mass is 10.2. The van der Waals surface area contributed by atoms with Crippen molar-refractivity contribution in [1.29, 1.82) is 0 Å². The van der Waals surface area contributed by atoms with Crippen molar-refractivity contribution in [1.82, 2.24) is 9.80 Å². The van der Waals surface area contributed by atoms with Gasteiger partial charge in [-0.15, -0.1) is 0 Å². The maximum Gasteiger partial charge on any atom is 0.471 e. The quantitative estimate of drug-likeness (QED) is 0.829. The fraction of sp³-hybridized carbons (Fsp3) is 0.500. The zero-order valence-electron chi connectivity index (χ0n) is 10.8. The van der Waals surface area contributed by atoms with Crippen LogP contribution in [0, 0.1) is 0 Å². The number of rotatable bonds is 2. The van der Waals surface area contributed by atoms with Crippen molar-refractivity contribution in [3.05, 3.63) is 35.9 Å². The molecule has 6 heteroatoms. The Morgan fingerprint density at radius 1 is 1.15 bits per heavy atom. The summed E-state index contributed by atoms with van der Waals surface area (Å²) < 4.78 is 37.4. The number of hydrogen-bond donors (Lipinski definition) is 0. The normalized spacial score (nSPS) is 26.2. The van der Waals surface area contributed by atoms with Gasteiger partial charge in [0.25, 0.3) is 0 Å². The second-order valence-electron chi connectivity index (χ2n) is 5.41. The Bertz CT molecular complexity index is 503. The predicted octanol–water partition coefficient (Wildman–Crippen LogP) is 2.03. The molecule has 2 aliphatic rings. The molecule has 0 aliphatic carbocycles. The van der Waals surface area contributed by atoms with Crippen LogP contribution >= 0.6 is 0 Å². The zero-order chi connectivity index (χ0) is 14.3. The van der Waals surface area contributed by atoms with Crippen molar-refractivity contribution in [2.24, 2.45) is 0 Å². The van der Waals surface area contributed by atoms with E-state index in [0.29, 0.717) is 13.0 Å². The number of amides is 1. The lowest BCUT2D eigenvalue weighted by molar-refractivity contribution is -0.187. The molecule has 20 heavy (non-hydrogen) atoms. The van der Waals surface area contributed by atoms with Crippen LogP contribution in [0.2, 0.25) is 0 Å². The third-order valence-electron chi connectivity index (χ3n) is 4.09. The van der Waals surface area contributed by atoms with E-state index in [0.717, 1.165) is 17.0 Å². The first-order valence-electron chi connectivity index (χ1n) is 6.61. The van der Waals surface area contributed by atoms with Gasteiger partial charge in [0.1, 0.15) is 0 Å². The van der Waals surface area contributed by atoms with Gasteiger partial charge in [-0.3, -0.25) is 9.69 Å². The summed E-state index contributed by atoms with van der Waals surface area (Å²) in [6, 6.07) is 9.59. The van der Waals surface area contributed by atoms with Crippen LogP contribution in [0.3, 0.4) is 0 Å². The minimum Gasteiger partial charge on any atom is -0.329 e. The molecule has 2 bridgehead atoms. The first-order chi connectivity index (χ1) is 9.45. The Kier molecular flexibility index (Phi) is 3.20. The van der Waals surface area contributed by atoms with E-state index in [-0.39, 0.29) is 18.6 Å². The Labute approximate surface area is 115 Å². The number of piperazine rings is 1. The van der Waals surface area contributed by atoms with E-state index in [9.17, 15) is 18.0 Å². The largest absolute Gasteiger partial charge is 0.471 e. The molecule has 3 rings (SSSR count). The minimum atomic E-state index is -4.76. The van der Waals surface area contributed by atoms with Gasteiger partial charge < -0.3 is 4.90 Å². The van der Waals surface area contributed by atoms with Crippen LogP contribution in [0.5, 0.6) is 0 Å². The van der Waals surface area contributed by atoms with Crippen molar-refractivity contribution in [2.75, 3.05) is 13.1 Å². The molecule has 0 radical (unpaired) electrons. The van der Waals surface area contributed by atoms with Gasteiger partial charge in [-0.2, -0.15) is 13.2 Å². The molecule has 1 aromatic rings. The van der Waals surface area contributed by atoms with Crippen LogP contribution in [0.1, 0.15) is 12.0 Å². The van der Waals surface area contributed by atoms with Crippen molar-refractivity contribution in [3.8, 4) is 0 Å². The molecule has 1 amide bonds. The van der Waals surface area contributed by atoms with Gasteiger partial charge >= 0.3 is 12.1 Å². The fourth-order valence-corrected chi connectivity index (χ4v) is 3.17. The summed E-state index contributed by atoms with van der Waals surface area (Å²) in [6.45, 7) is 1.45. The van der Waals surface area contributed by atoms with Gasteiger partial charge in [-0.25, -0.2) is 0 Å². The molecule has 2 unspecified atom stereocenters. The van der Waals surface area contributed by atoms with E-state index in [4.69, 9.17) is 0 Å². The van der Waals surface area contributed by atoms with E-state index >= 15 is 0 Å². The van der Waals surface area contributed by atoms with Crippen molar-refractivity contribution < 1.29 is 18.0 Å². The highest BCUT2D eigenvalue weighted by Crippen LogP contribution is 2.34. The van der Waals surface area contributed by atoms with E-state index in [1.165, 1.54) is 0 Å². The predicted molar refractivity (Wildman–Crippen MR) is 66.8 cm³/mol. The summed E-state index contributed by atoms with van der Waals surface area (Å²) in [5.41, 5.74) is 1.15. The molecule has 0 N–H and O–H groups in total. The topological polar surface area (TPSA) is 23.6 Å². The Balaban J connectivity index is 1.63. The van der Waals surface area contributed by atoms with E-state index < -0.39 is 12.1 Å². The standard InChI is InChI=1S/C14H15F3N2O/c15-14(16,17)13(20)19-9-11-6-12(19)8-18(11)7-10-4-2-1-3-5-10/h1-5,11-12H,6-9H2. The first-order valence-corrected chi connectivity index (χ1v) is 6.61. The van der Waals surface area contributed by atoms with Gasteiger partial charge in [0.05, 0.1) is 0 Å². The van der Waals surface area contributed by atoms with Crippen LogP contribution in [0.25, 0.3) is 0 Å². The third kappa shape index (κ3) is 2.40. The fourth-order valence-electron chi connectivity index (χ4n) is 3.17. The van der Waals surface area contributed by atoms with Crippen LogP contribution in [-0.2, 0) is 11.3 Å². The number of likely N-dealkylation sites (tertiary alicyclic amines) is 2. The number of fused-ring (bicyclic) bond motifs is 2. The number of halogens is 3. The molecule has 3 nitrogen and oxygen atoms in total. The van der Waals surface area contributed by atoms with Crippen molar-refractivity contribution in [2.45, 2.75) is 31.2 Å². The lowest BCUT2D eigenvalue weighted by Gasteiger charge is -2.34. The molecule has 2 fully saturated rings. The second kappa shape index (κ2) is 4.77. The zero-order valence-corrected chi connectivity index (χ0v) is 10.8. The van der Waals surface area contributed by atoms with Gasteiger partial charge in [0.15, 0.2) is 0 Å². The van der Waals surface area contributed by atoms with Gasteiger partial charge in [-0.1, -0.05) is 30.3 Å². The molecule has 0 saturated carbocycles. The highest BCUT2D eigenvalue weighted by Gasteiger charge is 2.52. The smallest absolute Gasteiger partial charge is 0.329 e. The maximum atomic E-state index is 12.5. The molecule has 108 valence electrons. The van der Waals surface area contributed by atoms with Crippen LogP contribution in [0.15, 0.2) is 30.3 Å². The molecule has 2 atom stereocenters. The number of benzene rings is 1. The van der Waals surface area contributed by atoms with Gasteiger partial charge in [-0.05, 0) is 12.0 Å². The number of hydrogen-bond acceptors (Lipinski definition) is 2. The van der Waals surface area contributed by atoms with Gasteiger partial charge in [0, 0.05) is 31.7 Å². The summed E-state index contributed by atoms with van der Waals surface area (Å²) in [5, 5.41) is 0. The highest BCUT2D eigenvalue weighted by molar-refractivity contribution is 5.82. The van der Waals surface area contributed by atoms with Crippen molar-refractivity contribution in [3.63, 3.8) is 0 Å². The molecule has 0 aromatic heterocycles. The summed E-state index contributed by atoms with van der Waals surface area (Å²) in [5.74, 6) is -1.69. The Morgan fingerprint density at radius 2 is 1.85 bits per heavy atom. The average Bonchev–Trinajstić information content (AvgIpc) is 2.97. The number of alkyl halides is 3.